The molecule has 3 aromatic carbocycles. The smallest absolute Gasteiger partial charge is 0.234 e. The molecule has 0 aliphatic heterocycles. The van der Waals surface area contributed by atoms with Crippen LogP contribution in [0.1, 0.15) is 22.8 Å². The van der Waals surface area contributed by atoms with Crippen LogP contribution in [0.4, 0.5) is 5.69 Å². The first kappa shape index (κ1) is 20.7. The van der Waals surface area contributed by atoms with Crippen molar-refractivity contribution in [2.75, 3.05) is 23.4 Å². The quantitative estimate of drug-likeness (QED) is 0.510. The normalized spacial score (nSPS) is 10.5. The lowest BCUT2D eigenvalue weighted by molar-refractivity contribution is -0.113. The molecule has 0 atom stereocenters. The van der Waals surface area contributed by atoms with Crippen molar-refractivity contribution in [1.82, 2.24) is 0 Å². The highest BCUT2D eigenvalue weighted by Crippen LogP contribution is 2.26. The molecule has 0 heterocycles. The number of carbonyl (C=O) groups excluding carboxylic acids is 1. The highest BCUT2D eigenvalue weighted by Gasteiger charge is 2.14. The Kier molecular flexibility index (Phi) is 7.88. The van der Waals surface area contributed by atoms with Crippen LogP contribution in [0.25, 0.3) is 0 Å². The van der Waals surface area contributed by atoms with E-state index >= 15 is 0 Å². The van der Waals surface area contributed by atoms with Gasteiger partial charge in [-0.25, -0.2) is 0 Å². The van der Waals surface area contributed by atoms with E-state index in [1.54, 1.807) is 24.3 Å². The van der Waals surface area contributed by atoms with Gasteiger partial charge in [0.2, 0.25) is 5.91 Å². The van der Waals surface area contributed by atoms with Crippen LogP contribution in [0, 0.1) is 11.3 Å². The second kappa shape index (κ2) is 11.1. The molecule has 0 spiro atoms. The fraction of sp³-hybridized carbons (Fsp3) is 0.167. The van der Waals surface area contributed by atoms with Gasteiger partial charge < -0.3 is 10.1 Å². The summed E-state index contributed by atoms with van der Waals surface area (Å²) in [5.41, 5.74) is 3.49. The van der Waals surface area contributed by atoms with E-state index in [1.165, 1.54) is 11.8 Å². The number of anilines is 1. The van der Waals surface area contributed by atoms with Crippen molar-refractivity contribution < 1.29 is 9.53 Å². The minimum absolute atomic E-state index is 0.0672. The van der Waals surface area contributed by atoms with Gasteiger partial charge in [-0.1, -0.05) is 60.7 Å². The highest BCUT2D eigenvalue weighted by molar-refractivity contribution is 7.99. The number of nitrogens with one attached hydrogen (secondary N) is 1. The van der Waals surface area contributed by atoms with Crippen molar-refractivity contribution in [2.45, 2.75) is 6.10 Å². The van der Waals surface area contributed by atoms with Crippen LogP contribution in [0.15, 0.2) is 84.9 Å². The third-order valence-corrected chi connectivity index (χ3v) is 5.17. The molecule has 0 unspecified atom stereocenters. The average Bonchev–Trinajstić information content (AvgIpc) is 2.78. The average molecular weight is 403 g/mol. The van der Waals surface area contributed by atoms with Gasteiger partial charge in [-0.05, 0) is 35.4 Å². The van der Waals surface area contributed by atoms with Crippen LogP contribution in [-0.4, -0.2) is 24.0 Å². The third kappa shape index (κ3) is 6.49. The Morgan fingerprint density at radius 3 is 2.07 bits per heavy atom. The zero-order valence-electron chi connectivity index (χ0n) is 16.0. The van der Waals surface area contributed by atoms with Crippen molar-refractivity contribution in [3.05, 3.63) is 102 Å². The number of rotatable bonds is 9. The Balaban J connectivity index is 1.45. The third-order valence-electron chi connectivity index (χ3n) is 4.25. The Labute approximate surface area is 175 Å². The van der Waals surface area contributed by atoms with Crippen LogP contribution in [-0.2, 0) is 9.53 Å². The molecule has 0 saturated carbocycles. The Morgan fingerprint density at radius 2 is 1.52 bits per heavy atom. The predicted molar refractivity (Wildman–Crippen MR) is 118 cm³/mol. The summed E-state index contributed by atoms with van der Waals surface area (Å²) in [6, 6.07) is 29.2. The summed E-state index contributed by atoms with van der Waals surface area (Å²) in [5, 5.41) is 11.6. The molecule has 0 radical (unpaired) electrons. The fourth-order valence-electron chi connectivity index (χ4n) is 2.86. The van der Waals surface area contributed by atoms with Gasteiger partial charge in [0.15, 0.2) is 0 Å². The SMILES string of the molecule is N#Cc1ccc(NC(=O)CSCCOC(c2ccccc2)c2ccccc2)cc1. The van der Waals surface area contributed by atoms with Crippen LogP contribution >= 0.6 is 11.8 Å². The maximum absolute atomic E-state index is 12.1. The van der Waals surface area contributed by atoms with E-state index in [0.717, 1.165) is 16.9 Å². The number of amides is 1. The van der Waals surface area contributed by atoms with E-state index in [1.807, 2.05) is 36.4 Å². The molecule has 0 aliphatic rings. The van der Waals surface area contributed by atoms with Gasteiger partial charge in [0.25, 0.3) is 0 Å². The highest BCUT2D eigenvalue weighted by atomic mass is 32.2. The van der Waals surface area contributed by atoms with Gasteiger partial charge in [-0.15, -0.1) is 11.8 Å². The van der Waals surface area contributed by atoms with E-state index in [0.29, 0.717) is 23.6 Å². The summed E-state index contributed by atoms with van der Waals surface area (Å²) in [5.74, 6) is 1.00. The lowest BCUT2D eigenvalue weighted by Gasteiger charge is -2.19. The van der Waals surface area contributed by atoms with Crippen molar-refractivity contribution in [2.24, 2.45) is 0 Å². The topological polar surface area (TPSA) is 62.1 Å². The van der Waals surface area contributed by atoms with Gasteiger partial charge >= 0.3 is 0 Å². The molecule has 1 amide bonds. The monoisotopic (exact) mass is 402 g/mol. The van der Waals surface area contributed by atoms with Crippen LogP contribution < -0.4 is 5.32 Å². The lowest BCUT2D eigenvalue weighted by Crippen LogP contribution is -2.15. The molecule has 3 rings (SSSR count). The second-order valence-corrected chi connectivity index (χ2v) is 7.47. The molecule has 0 saturated heterocycles. The van der Waals surface area contributed by atoms with E-state index in [9.17, 15) is 4.79 Å². The summed E-state index contributed by atoms with van der Waals surface area (Å²) in [6.45, 7) is 0.545. The van der Waals surface area contributed by atoms with E-state index in [4.69, 9.17) is 10.00 Å². The van der Waals surface area contributed by atoms with Crippen molar-refractivity contribution in [3.63, 3.8) is 0 Å². The number of ether oxygens (including phenoxy) is 1. The largest absolute Gasteiger partial charge is 0.368 e. The zero-order valence-corrected chi connectivity index (χ0v) is 16.8. The van der Waals surface area contributed by atoms with Gasteiger partial charge in [0, 0.05) is 11.4 Å². The molecule has 146 valence electrons. The summed E-state index contributed by atoms with van der Waals surface area (Å²) in [4.78, 5) is 12.1. The van der Waals surface area contributed by atoms with E-state index in [-0.39, 0.29) is 12.0 Å². The maximum atomic E-state index is 12.1. The number of hydrogen-bond donors (Lipinski definition) is 1. The predicted octanol–water partition coefficient (Wildman–Crippen LogP) is 5.04. The lowest BCUT2D eigenvalue weighted by atomic mass is 10.0. The number of hydrogen-bond acceptors (Lipinski definition) is 4. The minimum Gasteiger partial charge on any atom is -0.368 e. The number of nitrogens with zero attached hydrogens (tertiary/aromatic N) is 1. The molecule has 0 aromatic heterocycles. The number of nitriles is 1. The number of thioether (sulfide) groups is 1. The molecule has 3 aromatic rings. The molecule has 5 heteroatoms. The Morgan fingerprint density at radius 1 is 0.931 bits per heavy atom. The number of carbonyl (C=O) groups is 1. The second-order valence-electron chi connectivity index (χ2n) is 6.36. The van der Waals surface area contributed by atoms with E-state index < -0.39 is 0 Å². The summed E-state index contributed by atoms with van der Waals surface area (Å²) < 4.78 is 6.16. The Hall–Kier alpha value is -3.07. The first-order chi connectivity index (χ1) is 14.3. The molecule has 29 heavy (non-hydrogen) atoms. The van der Waals surface area contributed by atoms with Gasteiger partial charge in [-0.3, -0.25) is 4.79 Å². The zero-order chi connectivity index (χ0) is 20.3. The van der Waals surface area contributed by atoms with Crippen LogP contribution in [0.5, 0.6) is 0 Å². The molecular formula is C24H22N2O2S. The van der Waals surface area contributed by atoms with E-state index in [2.05, 4.69) is 35.7 Å². The molecule has 0 fully saturated rings. The van der Waals surface area contributed by atoms with Gasteiger partial charge in [0.05, 0.1) is 24.0 Å². The summed E-state index contributed by atoms with van der Waals surface area (Å²) in [7, 11) is 0. The molecular weight excluding hydrogens is 380 g/mol. The van der Waals surface area contributed by atoms with Gasteiger partial charge in [-0.2, -0.15) is 5.26 Å². The van der Waals surface area contributed by atoms with Crippen LogP contribution in [0.3, 0.4) is 0 Å². The molecule has 0 bridgehead atoms. The van der Waals surface area contributed by atoms with Crippen molar-refractivity contribution in [1.29, 1.82) is 5.26 Å². The van der Waals surface area contributed by atoms with Crippen LogP contribution in [0.2, 0.25) is 0 Å². The standard InChI is InChI=1S/C24H22N2O2S/c25-17-19-11-13-22(14-12-19)26-23(27)18-29-16-15-28-24(20-7-3-1-4-8-20)21-9-5-2-6-10-21/h1-14,24H,15-16,18H2,(H,26,27). The molecule has 0 aliphatic carbocycles. The summed E-state index contributed by atoms with van der Waals surface area (Å²) in [6.07, 6.45) is -0.120. The fourth-order valence-corrected chi connectivity index (χ4v) is 3.47. The number of benzene rings is 3. The first-order valence-corrected chi connectivity index (χ1v) is 10.5. The minimum atomic E-state index is -0.120. The Bertz CT molecular complexity index is 899. The van der Waals surface area contributed by atoms with Crippen molar-refractivity contribution >= 4 is 23.4 Å². The molecule has 4 nitrogen and oxygen atoms in total. The molecule has 1 N–H and O–H groups in total. The maximum Gasteiger partial charge on any atom is 0.234 e. The summed E-state index contributed by atoms with van der Waals surface area (Å²) >= 11 is 1.53. The first-order valence-electron chi connectivity index (χ1n) is 9.35. The van der Waals surface area contributed by atoms with Crippen molar-refractivity contribution in [3.8, 4) is 6.07 Å². The van der Waals surface area contributed by atoms with Gasteiger partial charge in [0.1, 0.15) is 6.10 Å².